The van der Waals surface area contributed by atoms with Gasteiger partial charge in [-0.05, 0) is 46.8 Å². The lowest BCUT2D eigenvalue weighted by molar-refractivity contribution is -0.164. The maximum absolute atomic E-state index is 13.5. The van der Waals surface area contributed by atoms with Gasteiger partial charge in [-0.3, -0.25) is 9.59 Å². The summed E-state index contributed by atoms with van der Waals surface area (Å²) in [6.07, 6.45) is -1.09. The van der Waals surface area contributed by atoms with E-state index in [1.165, 1.54) is 14.0 Å². The van der Waals surface area contributed by atoms with Crippen LogP contribution >= 0.6 is 15.9 Å². The zero-order valence-corrected chi connectivity index (χ0v) is 20.7. The van der Waals surface area contributed by atoms with Crippen molar-refractivity contribution in [3.63, 3.8) is 0 Å². The molecule has 2 heterocycles. The molecule has 9 nitrogen and oxygen atoms in total. The number of aliphatic hydroxyl groups is 1. The first kappa shape index (κ1) is 25.9. The summed E-state index contributed by atoms with van der Waals surface area (Å²) in [6, 6.07) is 10.5. The number of aliphatic hydroxyl groups excluding tert-OH is 1. The number of rotatable bonds is 11. The molecule has 10 heteroatoms. The zero-order chi connectivity index (χ0) is 24.7. The topological polar surface area (TPSA) is 116 Å². The predicted molar refractivity (Wildman–Crippen MR) is 124 cm³/mol. The second kappa shape index (κ2) is 12.1. The monoisotopic (exact) mass is 537 g/mol. The Bertz CT molecular complexity index is 992. The van der Waals surface area contributed by atoms with Gasteiger partial charge in [0, 0.05) is 27.1 Å². The molecule has 0 spiro atoms. The second-order valence-electron chi connectivity index (χ2n) is 7.92. The number of carbonyl (C=O) groups is 3. The van der Waals surface area contributed by atoms with Gasteiger partial charge in [0.25, 0.3) is 5.91 Å². The van der Waals surface area contributed by atoms with E-state index < -0.39 is 36.2 Å². The van der Waals surface area contributed by atoms with E-state index in [1.807, 2.05) is 30.3 Å². The highest BCUT2D eigenvalue weighted by molar-refractivity contribution is 9.10. The van der Waals surface area contributed by atoms with Crippen LogP contribution in [0.3, 0.4) is 0 Å². The molecule has 0 aliphatic carbocycles. The fraction of sp³-hybridized carbons (Fsp3) is 0.458. The van der Waals surface area contributed by atoms with Crippen molar-refractivity contribution in [1.29, 1.82) is 0 Å². The quantitative estimate of drug-likeness (QED) is 0.341. The van der Waals surface area contributed by atoms with E-state index in [2.05, 4.69) is 15.9 Å². The highest BCUT2D eigenvalue weighted by Crippen LogP contribution is 2.33. The number of ether oxygens (including phenoxy) is 3. The molecule has 1 saturated heterocycles. The van der Waals surface area contributed by atoms with Gasteiger partial charge in [0.15, 0.2) is 12.2 Å². The number of nitrogens with zero attached hydrogens (tertiary/aromatic N) is 1. The second-order valence-corrected chi connectivity index (χ2v) is 8.77. The molecule has 1 aliphatic heterocycles. The minimum atomic E-state index is -1.34. The van der Waals surface area contributed by atoms with E-state index in [9.17, 15) is 14.4 Å². The first-order chi connectivity index (χ1) is 16.3. The molecule has 1 aromatic heterocycles. The molecule has 1 aromatic carbocycles. The van der Waals surface area contributed by atoms with E-state index in [0.717, 1.165) is 10.5 Å². The van der Waals surface area contributed by atoms with Gasteiger partial charge in [0.1, 0.15) is 18.1 Å². The Morgan fingerprint density at radius 1 is 1.26 bits per heavy atom. The molecule has 0 bridgehead atoms. The minimum absolute atomic E-state index is 0.0510. The van der Waals surface area contributed by atoms with Crippen molar-refractivity contribution in [2.24, 2.45) is 0 Å². The van der Waals surface area contributed by atoms with Crippen molar-refractivity contribution in [3.05, 3.63) is 58.0 Å². The fourth-order valence-electron chi connectivity index (χ4n) is 3.84. The third-order valence-corrected chi connectivity index (χ3v) is 6.12. The van der Waals surface area contributed by atoms with Gasteiger partial charge in [-0.25, -0.2) is 9.69 Å². The average molecular weight is 538 g/mol. The van der Waals surface area contributed by atoms with Crippen molar-refractivity contribution >= 4 is 33.9 Å². The van der Waals surface area contributed by atoms with E-state index in [0.29, 0.717) is 35.9 Å². The van der Waals surface area contributed by atoms with Crippen molar-refractivity contribution < 1.29 is 38.1 Å². The number of benzene rings is 1. The summed E-state index contributed by atoms with van der Waals surface area (Å²) in [6.45, 7) is 1.33. The highest BCUT2D eigenvalue weighted by Gasteiger charge is 2.45. The van der Waals surface area contributed by atoms with E-state index in [4.69, 9.17) is 23.7 Å². The summed E-state index contributed by atoms with van der Waals surface area (Å²) >= 11 is 3.43. The molecule has 34 heavy (non-hydrogen) atoms. The number of methoxy groups -OCH3 is 1. The number of hydrogen-bond acceptors (Lipinski definition) is 8. The van der Waals surface area contributed by atoms with Gasteiger partial charge in [-0.1, -0.05) is 30.3 Å². The van der Waals surface area contributed by atoms with Crippen LogP contribution in [0.15, 0.2) is 45.3 Å². The van der Waals surface area contributed by atoms with E-state index in [1.54, 1.807) is 6.07 Å². The van der Waals surface area contributed by atoms with Gasteiger partial charge in [-0.2, -0.15) is 0 Å². The largest absolute Gasteiger partial charge is 0.461 e. The van der Waals surface area contributed by atoms with Crippen molar-refractivity contribution in [2.75, 3.05) is 20.3 Å². The average Bonchev–Trinajstić information content (AvgIpc) is 3.36. The van der Waals surface area contributed by atoms with E-state index in [-0.39, 0.29) is 19.0 Å². The van der Waals surface area contributed by atoms with Crippen molar-refractivity contribution in [3.8, 4) is 0 Å². The van der Waals surface area contributed by atoms with Gasteiger partial charge < -0.3 is 23.7 Å². The summed E-state index contributed by atoms with van der Waals surface area (Å²) in [5.74, 6) is -0.538. The fourth-order valence-corrected chi connectivity index (χ4v) is 4.34. The first-order valence-electron chi connectivity index (χ1n) is 11.0. The smallest absolute Gasteiger partial charge is 0.417 e. The van der Waals surface area contributed by atoms with Crippen LogP contribution in [0.2, 0.25) is 0 Å². The van der Waals surface area contributed by atoms with Crippen molar-refractivity contribution in [1.82, 2.24) is 4.90 Å². The van der Waals surface area contributed by atoms with Crippen LogP contribution in [0.25, 0.3) is 0 Å². The van der Waals surface area contributed by atoms with Crippen LogP contribution in [0, 0.1) is 0 Å². The Balaban J connectivity index is 1.86. The lowest BCUT2D eigenvalue weighted by Gasteiger charge is -2.28. The lowest BCUT2D eigenvalue weighted by atomic mass is 10.0. The number of halogens is 1. The Morgan fingerprint density at radius 3 is 2.65 bits per heavy atom. The summed E-state index contributed by atoms with van der Waals surface area (Å²) in [5.41, 5.74) is 0.941. The molecule has 2 aromatic rings. The van der Waals surface area contributed by atoms with Gasteiger partial charge in [0.2, 0.25) is 0 Å². The van der Waals surface area contributed by atoms with Crippen LogP contribution in [0.4, 0.5) is 4.79 Å². The zero-order valence-electron chi connectivity index (χ0n) is 19.1. The highest BCUT2D eigenvalue weighted by atomic mass is 79.9. The summed E-state index contributed by atoms with van der Waals surface area (Å²) < 4.78 is 22.6. The van der Waals surface area contributed by atoms with Gasteiger partial charge >= 0.3 is 12.1 Å². The number of esters is 1. The Hall–Kier alpha value is -2.69. The molecule has 3 atom stereocenters. The van der Waals surface area contributed by atoms with Crippen LogP contribution in [0.1, 0.15) is 43.0 Å². The number of hydrogen-bond donors (Lipinski definition) is 1. The van der Waals surface area contributed by atoms with Gasteiger partial charge in [-0.15, -0.1) is 0 Å². The number of furan rings is 1. The van der Waals surface area contributed by atoms with Crippen LogP contribution < -0.4 is 0 Å². The molecule has 2 amide bonds. The summed E-state index contributed by atoms with van der Waals surface area (Å²) in [5, 5.41) is 9.02. The molecule has 1 aliphatic rings. The molecule has 184 valence electrons. The molecule has 1 N–H and O–H groups in total. The molecule has 3 unspecified atom stereocenters. The molecule has 0 saturated carbocycles. The van der Waals surface area contributed by atoms with E-state index >= 15 is 0 Å². The molecule has 1 fully saturated rings. The molecule has 0 radical (unpaired) electrons. The predicted octanol–water partition coefficient (Wildman–Crippen LogP) is 3.57. The Kier molecular flexibility index (Phi) is 9.26. The minimum Gasteiger partial charge on any atom is -0.461 e. The van der Waals surface area contributed by atoms with Crippen molar-refractivity contribution in [2.45, 2.75) is 50.9 Å². The van der Waals surface area contributed by atoms with Gasteiger partial charge in [0.05, 0.1) is 10.5 Å². The van der Waals surface area contributed by atoms with Crippen LogP contribution in [0.5, 0.6) is 0 Å². The summed E-state index contributed by atoms with van der Waals surface area (Å²) in [7, 11) is 1.30. The Labute approximate surface area is 206 Å². The number of carbonyl (C=O) groups excluding carboxylic acids is 3. The summed E-state index contributed by atoms with van der Waals surface area (Å²) in [4.78, 5) is 38.9. The Morgan fingerprint density at radius 2 is 2.00 bits per heavy atom. The molecule has 3 rings (SSSR count). The maximum atomic E-state index is 13.5. The van der Waals surface area contributed by atoms with Crippen LogP contribution in [-0.2, 0) is 36.6 Å². The number of imide groups is 1. The molecular weight excluding hydrogens is 510 g/mol. The molecular formula is C24H28BrNO8. The maximum Gasteiger partial charge on any atom is 0.417 e. The third kappa shape index (κ3) is 6.25. The normalized spacial score (nSPS) is 17.4. The number of cyclic esters (lactones) is 1. The SMILES string of the molecule is COC(C(=O)N1C(=O)OCC1Cc1ccccc1)C(OC(C)=O)c1cc(Br)c(CCCCO)o1. The number of unbranched alkanes of at least 4 members (excludes halogenated alkanes) is 1. The number of aryl methyl sites for hydroxylation is 1. The lowest BCUT2D eigenvalue weighted by Crippen LogP contribution is -2.48. The third-order valence-electron chi connectivity index (χ3n) is 5.45. The number of amides is 2. The van der Waals surface area contributed by atoms with Crippen LogP contribution in [-0.4, -0.2) is 60.4 Å². The first-order valence-corrected chi connectivity index (χ1v) is 11.8. The standard InChI is InChI=1S/C24H28BrNO8/c1-15(28)33-21(20-13-18(25)19(34-20)10-6-7-11-27)22(31-2)23(29)26-17(14-32-24(26)30)12-16-8-4-3-5-9-16/h3-5,8-9,13,17,21-22,27H,6-7,10-12,14H2,1-2H3.